The van der Waals surface area contributed by atoms with Crippen molar-refractivity contribution in [2.45, 2.75) is 30.3 Å². The van der Waals surface area contributed by atoms with Gasteiger partial charge in [-0.05, 0) is 25.8 Å². The Morgan fingerprint density at radius 2 is 2.21 bits per heavy atom. The molecule has 0 spiro atoms. The lowest BCUT2D eigenvalue weighted by molar-refractivity contribution is 0.0692. The fraction of sp³-hybridized carbons (Fsp3) is 0.600. The molecule has 1 aliphatic rings. The van der Waals surface area contributed by atoms with Gasteiger partial charge in [0.25, 0.3) is 10.0 Å². The van der Waals surface area contributed by atoms with Crippen LogP contribution in [-0.2, 0) is 10.0 Å². The van der Waals surface area contributed by atoms with Crippen LogP contribution in [0.2, 0.25) is 0 Å². The van der Waals surface area contributed by atoms with Gasteiger partial charge >= 0.3 is 5.97 Å². The van der Waals surface area contributed by atoms with Gasteiger partial charge in [0.15, 0.2) is 5.03 Å². The van der Waals surface area contributed by atoms with Gasteiger partial charge in [-0.3, -0.25) is 5.10 Å². The van der Waals surface area contributed by atoms with Gasteiger partial charge in [0.2, 0.25) is 0 Å². The maximum atomic E-state index is 11.9. The van der Waals surface area contributed by atoms with E-state index in [1.165, 1.54) is 12.8 Å². The molecule has 0 atom stereocenters. The molecule has 0 radical (unpaired) electrons. The molecule has 8 nitrogen and oxygen atoms in total. The van der Waals surface area contributed by atoms with Gasteiger partial charge in [-0.1, -0.05) is 0 Å². The molecule has 0 bridgehead atoms. The number of hydrogen-bond acceptors (Lipinski definition) is 5. The van der Waals surface area contributed by atoms with Crippen molar-refractivity contribution in [2.75, 3.05) is 13.1 Å². The van der Waals surface area contributed by atoms with E-state index in [4.69, 9.17) is 5.11 Å². The van der Waals surface area contributed by atoms with E-state index in [1.807, 2.05) is 0 Å². The zero-order chi connectivity index (χ0) is 13.9. The SMILES string of the molecule is O=C(O)c1cn[nH]c1S(=O)(=O)NCCCNC1CC1. The molecule has 0 unspecified atom stereocenters. The van der Waals surface area contributed by atoms with Crippen LogP contribution in [-0.4, -0.2) is 48.8 Å². The molecule has 2 rings (SSSR count). The normalized spacial score (nSPS) is 15.6. The van der Waals surface area contributed by atoms with Crippen LogP contribution in [0.25, 0.3) is 0 Å². The first kappa shape index (κ1) is 14.0. The lowest BCUT2D eigenvalue weighted by Crippen LogP contribution is -2.29. The van der Waals surface area contributed by atoms with Crippen molar-refractivity contribution in [3.8, 4) is 0 Å². The Balaban J connectivity index is 1.86. The second-order valence-electron chi connectivity index (χ2n) is 4.40. The van der Waals surface area contributed by atoms with Gasteiger partial charge in [-0.25, -0.2) is 17.9 Å². The second-order valence-corrected chi connectivity index (χ2v) is 6.10. The first-order valence-electron chi connectivity index (χ1n) is 6.00. The van der Waals surface area contributed by atoms with Crippen molar-refractivity contribution in [1.29, 1.82) is 0 Å². The molecule has 106 valence electrons. The fourth-order valence-electron chi connectivity index (χ4n) is 1.59. The van der Waals surface area contributed by atoms with Crippen LogP contribution in [0.15, 0.2) is 11.2 Å². The quantitative estimate of drug-likeness (QED) is 0.479. The molecule has 1 aromatic heterocycles. The van der Waals surface area contributed by atoms with Crippen LogP contribution < -0.4 is 10.0 Å². The van der Waals surface area contributed by atoms with Crippen LogP contribution in [0.3, 0.4) is 0 Å². The standard InChI is InChI=1S/C10H16N4O4S/c15-10(16)8-6-12-14-9(8)19(17,18)13-5-1-4-11-7-2-3-7/h6-7,11,13H,1-5H2,(H,12,14)(H,15,16). The van der Waals surface area contributed by atoms with E-state index in [-0.39, 0.29) is 12.1 Å². The summed E-state index contributed by atoms with van der Waals surface area (Å²) in [6.07, 6.45) is 3.99. The van der Waals surface area contributed by atoms with Gasteiger partial charge < -0.3 is 10.4 Å². The molecular formula is C10H16N4O4S. The summed E-state index contributed by atoms with van der Waals surface area (Å²) in [7, 11) is -3.85. The molecule has 1 heterocycles. The number of carboxylic acid groups (broad SMARTS) is 1. The van der Waals surface area contributed by atoms with Crippen molar-refractivity contribution in [1.82, 2.24) is 20.2 Å². The number of carbonyl (C=O) groups is 1. The summed E-state index contributed by atoms with van der Waals surface area (Å²) in [4.78, 5) is 10.8. The number of rotatable bonds is 8. The Kier molecular flexibility index (Phi) is 4.17. The van der Waals surface area contributed by atoms with Crippen LogP contribution in [0.5, 0.6) is 0 Å². The number of hydrogen-bond donors (Lipinski definition) is 4. The minimum absolute atomic E-state index is 0.250. The van der Waals surface area contributed by atoms with Crippen LogP contribution in [0, 0.1) is 0 Å². The molecule has 1 saturated carbocycles. The number of nitrogens with zero attached hydrogens (tertiary/aromatic N) is 1. The predicted octanol–water partition coefficient (Wildman–Crippen LogP) is -0.472. The van der Waals surface area contributed by atoms with Crippen LogP contribution >= 0.6 is 0 Å². The average molecular weight is 288 g/mol. The molecule has 1 fully saturated rings. The first-order chi connectivity index (χ1) is 9.00. The summed E-state index contributed by atoms with van der Waals surface area (Å²) in [5, 5.41) is 17.3. The van der Waals surface area contributed by atoms with Gasteiger partial charge in [-0.2, -0.15) is 5.10 Å². The summed E-state index contributed by atoms with van der Waals surface area (Å²) in [5.74, 6) is -1.33. The van der Waals surface area contributed by atoms with E-state index in [0.717, 1.165) is 12.7 Å². The van der Waals surface area contributed by atoms with E-state index < -0.39 is 21.0 Å². The maximum absolute atomic E-state index is 11.9. The molecule has 9 heteroatoms. The van der Waals surface area contributed by atoms with Gasteiger partial charge in [0, 0.05) is 12.6 Å². The average Bonchev–Trinajstić information content (AvgIpc) is 3.01. The third-order valence-electron chi connectivity index (χ3n) is 2.76. The highest BCUT2D eigenvalue weighted by Crippen LogP contribution is 2.18. The molecule has 0 aliphatic heterocycles. The van der Waals surface area contributed by atoms with Crippen molar-refractivity contribution < 1.29 is 18.3 Å². The molecule has 1 aliphatic carbocycles. The second kappa shape index (κ2) is 5.68. The number of H-pyrrole nitrogens is 1. The molecule has 0 aromatic carbocycles. The number of sulfonamides is 1. The Hall–Kier alpha value is -1.45. The lowest BCUT2D eigenvalue weighted by atomic mass is 10.4. The topological polar surface area (TPSA) is 124 Å². The molecule has 0 amide bonds. The third kappa shape index (κ3) is 3.75. The highest BCUT2D eigenvalue weighted by Gasteiger charge is 2.24. The number of aromatic nitrogens is 2. The summed E-state index contributed by atoms with van der Waals surface area (Å²) in [5.41, 5.74) is -0.358. The minimum Gasteiger partial charge on any atom is -0.478 e. The smallest absolute Gasteiger partial charge is 0.340 e. The highest BCUT2D eigenvalue weighted by molar-refractivity contribution is 7.89. The van der Waals surface area contributed by atoms with Gasteiger partial charge in [-0.15, -0.1) is 0 Å². The molecule has 19 heavy (non-hydrogen) atoms. The molecule has 0 saturated heterocycles. The van der Waals surface area contributed by atoms with E-state index in [9.17, 15) is 13.2 Å². The Morgan fingerprint density at radius 3 is 2.84 bits per heavy atom. The summed E-state index contributed by atoms with van der Waals surface area (Å²) < 4.78 is 26.1. The minimum atomic E-state index is -3.85. The van der Waals surface area contributed by atoms with E-state index in [0.29, 0.717) is 12.5 Å². The first-order valence-corrected chi connectivity index (χ1v) is 7.49. The summed E-state index contributed by atoms with van der Waals surface area (Å²) in [6, 6.07) is 0.586. The Labute approximate surface area is 110 Å². The third-order valence-corrected chi connectivity index (χ3v) is 4.19. The van der Waals surface area contributed by atoms with Crippen LogP contribution in [0.4, 0.5) is 0 Å². The van der Waals surface area contributed by atoms with E-state index in [2.05, 4.69) is 20.2 Å². The van der Waals surface area contributed by atoms with Crippen molar-refractivity contribution in [2.24, 2.45) is 0 Å². The van der Waals surface area contributed by atoms with Crippen molar-refractivity contribution >= 4 is 16.0 Å². The van der Waals surface area contributed by atoms with Crippen molar-refractivity contribution in [3.05, 3.63) is 11.8 Å². The number of carboxylic acids is 1. The van der Waals surface area contributed by atoms with E-state index in [1.54, 1.807) is 0 Å². The number of aromatic amines is 1. The predicted molar refractivity (Wildman–Crippen MR) is 66.4 cm³/mol. The fourth-order valence-corrected chi connectivity index (χ4v) is 2.75. The van der Waals surface area contributed by atoms with Gasteiger partial charge in [0.05, 0.1) is 6.20 Å². The summed E-state index contributed by atoms with van der Waals surface area (Å²) in [6.45, 7) is 0.988. The zero-order valence-electron chi connectivity index (χ0n) is 10.2. The number of nitrogens with one attached hydrogen (secondary N) is 3. The Bertz CT molecular complexity index is 550. The Morgan fingerprint density at radius 1 is 1.47 bits per heavy atom. The van der Waals surface area contributed by atoms with Crippen LogP contribution in [0.1, 0.15) is 29.6 Å². The van der Waals surface area contributed by atoms with Crippen molar-refractivity contribution in [3.63, 3.8) is 0 Å². The highest BCUT2D eigenvalue weighted by atomic mass is 32.2. The van der Waals surface area contributed by atoms with Gasteiger partial charge in [0.1, 0.15) is 5.56 Å². The molecule has 1 aromatic rings. The summed E-state index contributed by atoms with van der Waals surface area (Å²) >= 11 is 0. The zero-order valence-corrected chi connectivity index (χ0v) is 11.0. The maximum Gasteiger partial charge on any atom is 0.340 e. The number of aromatic carboxylic acids is 1. The molecular weight excluding hydrogens is 272 g/mol. The largest absolute Gasteiger partial charge is 0.478 e. The lowest BCUT2D eigenvalue weighted by Gasteiger charge is -2.06. The van der Waals surface area contributed by atoms with E-state index >= 15 is 0 Å². The molecule has 4 N–H and O–H groups in total. The monoisotopic (exact) mass is 288 g/mol.